The van der Waals surface area contributed by atoms with Gasteiger partial charge in [-0.2, -0.15) is 0 Å². The predicted octanol–water partition coefficient (Wildman–Crippen LogP) is 2.33. The quantitative estimate of drug-likeness (QED) is 0.241. The van der Waals surface area contributed by atoms with Crippen molar-refractivity contribution in [2.24, 2.45) is 11.1 Å². The molecule has 0 saturated heterocycles. The van der Waals surface area contributed by atoms with E-state index in [-0.39, 0.29) is 42.7 Å². The van der Waals surface area contributed by atoms with Crippen LogP contribution in [0.4, 0.5) is 4.39 Å². The third kappa shape index (κ3) is 8.10. The third-order valence-electron chi connectivity index (χ3n) is 7.43. The Labute approximate surface area is 279 Å². The first-order valence-corrected chi connectivity index (χ1v) is 17.2. The van der Waals surface area contributed by atoms with E-state index in [1.165, 1.54) is 0 Å². The maximum absolute atomic E-state index is 14.8. The minimum Gasteiger partial charge on any atom is -0.446 e. The number of carbonyl (C=O) groups is 4. The Balaban J connectivity index is 1.49. The van der Waals surface area contributed by atoms with Crippen LogP contribution >= 0.6 is 11.3 Å². The number of nitrogens with zero attached hydrogens (tertiary/aromatic N) is 3. The normalized spacial score (nSPS) is 18.0. The lowest BCUT2D eigenvalue weighted by atomic mass is 10.0. The maximum atomic E-state index is 14.8. The fraction of sp³-hybridized carbons (Fsp3) is 0.290. The van der Waals surface area contributed by atoms with E-state index >= 15 is 0 Å². The highest BCUT2D eigenvalue weighted by atomic mass is 32.2. The number of aromatic nitrogens is 2. The van der Waals surface area contributed by atoms with Gasteiger partial charge in [-0.05, 0) is 29.7 Å². The van der Waals surface area contributed by atoms with E-state index in [0.717, 1.165) is 46.3 Å². The molecule has 1 aliphatic rings. The van der Waals surface area contributed by atoms with Gasteiger partial charge >= 0.3 is 0 Å². The topological polar surface area (TPSA) is 207 Å². The number of benzene rings is 2. The van der Waals surface area contributed by atoms with E-state index in [4.69, 9.17) is 9.56 Å². The van der Waals surface area contributed by atoms with E-state index in [1.807, 2.05) is 44.2 Å². The molecule has 3 heterocycles. The van der Waals surface area contributed by atoms with Crippen molar-refractivity contribution in [2.75, 3.05) is 19.6 Å². The van der Waals surface area contributed by atoms with Gasteiger partial charge in [-0.25, -0.2) is 27.9 Å². The molecule has 0 unspecified atom stereocenters. The second kappa shape index (κ2) is 14.4. The first kappa shape index (κ1) is 34.3. The van der Waals surface area contributed by atoms with Gasteiger partial charge in [-0.1, -0.05) is 44.2 Å². The predicted molar refractivity (Wildman–Crippen MR) is 171 cm³/mol. The highest BCUT2D eigenvalue weighted by Crippen LogP contribution is 2.26. The van der Waals surface area contributed by atoms with Gasteiger partial charge in [0.05, 0.1) is 23.0 Å². The van der Waals surface area contributed by atoms with Crippen LogP contribution in [0.5, 0.6) is 0 Å². The number of primary sulfonamides is 1. The molecule has 48 heavy (non-hydrogen) atoms. The van der Waals surface area contributed by atoms with Crippen LogP contribution in [0.1, 0.15) is 73.7 Å². The number of carbonyl (C=O) groups excluding carboxylic acids is 4. The number of amides is 4. The number of nitrogens with one attached hydrogen (secondary N) is 3. The minimum atomic E-state index is -4.28. The lowest BCUT2D eigenvalue weighted by molar-refractivity contribution is -0.122. The summed E-state index contributed by atoms with van der Waals surface area (Å²) in [6.45, 7) is 2.60. The molecule has 1 aliphatic heterocycles. The first-order valence-electron chi connectivity index (χ1n) is 14.7. The number of thiazole rings is 1. The molecule has 14 nitrogen and oxygen atoms in total. The van der Waals surface area contributed by atoms with Crippen LogP contribution < -0.4 is 21.1 Å². The van der Waals surface area contributed by atoms with E-state index in [9.17, 15) is 32.0 Å². The average Bonchev–Trinajstić information content (AvgIpc) is 3.73. The van der Waals surface area contributed by atoms with Gasteiger partial charge in [0.2, 0.25) is 21.8 Å². The number of nitrogens with two attached hydrogens (primary N) is 1. The lowest BCUT2D eigenvalue weighted by Crippen LogP contribution is -2.46. The number of hydrogen-bond acceptors (Lipinski definition) is 10. The molecule has 5 rings (SSSR count). The summed E-state index contributed by atoms with van der Waals surface area (Å²) in [5.74, 6) is -4.04. The zero-order valence-corrected chi connectivity index (χ0v) is 27.4. The van der Waals surface area contributed by atoms with Crippen LogP contribution in [0.2, 0.25) is 0 Å². The van der Waals surface area contributed by atoms with E-state index in [0.29, 0.717) is 5.01 Å². The van der Waals surface area contributed by atoms with Crippen LogP contribution in [0.3, 0.4) is 0 Å². The Morgan fingerprint density at radius 3 is 2.54 bits per heavy atom. The van der Waals surface area contributed by atoms with Crippen molar-refractivity contribution >= 4 is 45.0 Å². The SMILES string of the molecule is CC(C)[C@@H]1NC(=O)CN(C(=O)c2cc(S(N)(=O)=O)ccc2F)CCNC(=O)c2coc(n2)[C@H](Cc2ccccc2)NC(=O)c2csc1n2. The number of sulfonamides is 1. The van der Waals surface area contributed by atoms with Gasteiger partial charge in [-0.3, -0.25) is 19.2 Å². The van der Waals surface area contributed by atoms with Gasteiger partial charge in [0, 0.05) is 24.9 Å². The summed E-state index contributed by atoms with van der Waals surface area (Å²) in [7, 11) is -4.28. The summed E-state index contributed by atoms with van der Waals surface area (Å²) in [6, 6.07) is 10.3. The fourth-order valence-corrected chi connectivity index (χ4v) is 6.50. The second-order valence-corrected chi connectivity index (χ2v) is 13.8. The van der Waals surface area contributed by atoms with Crippen LogP contribution in [0.25, 0.3) is 0 Å². The molecule has 2 atom stereocenters. The molecule has 17 heteroatoms. The highest BCUT2D eigenvalue weighted by molar-refractivity contribution is 7.89. The summed E-state index contributed by atoms with van der Waals surface area (Å²) in [4.78, 5) is 62.6. The van der Waals surface area contributed by atoms with Crippen LogP contribution in [0.15, 0.2) is 69.5 Å². The summed E-state index contributed by atoms with van der Waals surface area (Å²) in [5.41, 5.74) is 0.202. The summed E-state index contributed by atoms with van der Waals surface area (Å²) < 4.78 is 44.3. The Kier molecular flexibility index (Phi) is 10.3. The lowest BCUT2D eigenvalue weighted by Gasteiger charge is -2.25. The van der Waals surface area contributed by atoms with Crippen molar-refractivity contribution in [2.45, 2.75) is 37.2 Å². The Morgan fingerprint density at radius 2 is 1.83 bits per heavy atom. The largest absolute Gasteiger partial charge is 0.446 e. The highest BCUT2D eigenvalue weighted by Gasteiger charge is 2.29. The second-order valence-electron chi connectivity index (χ2n) is 11.3. The molecular formula is C31H32FN7O7S2. The van der Waals surface area contributed by atoms with Crippen LogP contribution in [-0.2, 0) is 21.2 Å². The number of rotatable bonds is 5. The van der Waals surface area contributed by atoms with Gasteiger partial charge in [0.25, 0.3) is 17.7 Å². The van der Waals surface area contributed by atoms with Crippen LogP contribution in [-0.4, -0.2) is 66.5 Å². The van der Waals surface area contributed by atoms with Crippen molar-refractivity contribution in [1.29, 1.82) is 0 Å². The number of fused-ring (bicyclic) bond motifs is 4. The van der Waals surface area contributed by atoms with E-state index in [2.05, 4.69) is 25.9 Å². The summed E-state index contributed by atoms with van der Waals surface area (Å²) in [6.07, 6.45) is 1.41. The molecule has 0 radical (unpaired) electrons. The number of oxazole rings is 1. The fourth-order valence-electron chi connectivity index (χ4n) is 4.94. The van der Waals surface area contributed by atoms with Crippen molar-refractivity contribution in [3.63, 3.8) is 0 Å². The van der Waals surface area contributed by atoms with Gasteiger partial charge in [0.15, 0.2) is 5.69 Å². The van der Waals surface area contributed by atoms with Crippen molar-refractivity contribution < 1.29 is 36.4 Å². The molecule has 4 aromatic rings. The Bertz CT molecular complexity index is 1950. The molecule has 0 saturated carbocycles. The zero-order chi connectivity index (χ0) is 34.6. The standard InChI is InChI=1S/C31H32FN7O7S2/c1-17(2)26-30-37-24(16-47-30)28(42)35-22(12-18-6-4-3-5-7-18)29-36-23(15-46-29)27(41)34-10-11-39(14-25(40)38-26)31(43)20-13-19(48(33,44)45)8-9-21(20)32/h3-9,13,15-17,22,26H,10-12,14H2,1-2H3,(H,34,41)(H,35,42)(H,38,40)(H2,33,44,45)/t22-,26-/m0/s1. The molecule has 0 aliphatic carbocycles. The monoisotopic (exact) mass is 697 g/mol. The van der Waals surface area contributed by atoms with Crippen molar-refractivity contribution in [3.05, 3.63) is 99.4 Å². The average molecular weight is 698 g/mol. The summed E-state index contributed by atoms with van der Waals surface area (Å²) >= 11 is 1.16. The first-order chi connectivity index (χ1) is 22.8. The molecule has 5 N–H and O–H groups in total. The van der Waals surface area contributed by atoms with Gasteiger partial charge in [0.1, 0.15) is 28.8 Å². The van der Waals surface area contributed by atoms with Gasteiger partial charge in [-0.15, -0.1) is 11.3 Å². The molecule has 2 aromatic heterocycles. The molecule has 4 amide bonds. The summed E-state index contributed by atoms with van der Waals surface area (Å²) in [5, 5.41) is 15.5. The molecular weight excluding hydrogens is 666 g/mol. The van der Waals surface area contributed by atoms with E-state index in [1.54, 1.807) is 5.38 Å². The van der Waals surface area contributed by atoms with Crippen LogP contribution in [0, 0.1) is 11.7 Å². The Morgan fingerprint density at radius 1 is 1.08 bits per heavy atom. The molecule has 4 bridgehead atoms. The molecule has 2 aromatic carbocycles. The zero-order valence-electron chi connectivity index (χ0n) is 25.8. The van der Waals surface area contributed by atoms with Gasteiger partial charge < -0.3 is 25.3 Å². The smallest absolute Gasteiger partial charge is 0.273 e. The molecule has 0 spiro atoms. The Hall–Kier alpha value is -5.00. The van der Waals surface area contributed by atoms with E-state index < -0.39 is 68.6 Å². The molecule has 252 valence electrons. The van der Waals surface area contributed by atoms with Crippen molar-refractivity contribution in [3.8, 4) is 0 Å². The molecule has 0 fully saturated rings. The number of hydrogen-bond donors (Lipinski definition) is 4. The third-order valence-corrected chi connectivity index (χ3v) is 9.27. The van der Waals surface area contributed by atoms with Crippen molar-refractivity contribution in [1.82, 2.24) is 30.8 Å². The maximum Gasteiger partial charge on any atom is 0.273 e. The number of halogens is 1. The minimum absolute atomic E-state index is 0.0725.